The molecule has 0 aliphatic rings. The molecule has 3 N–H and O–H groups in total. The van der Waals surface area contributed by atoms with Crippen molar-refractivity contribution >= 4 is 11.6 Å². The largest absolute Gasteiger partial charge is 0.330 e. The first kappa shape index (κ1) is 10.5. The molecule has 0 fully saturated rings. The molecule has 0 aliphatic heterocycles. The van der Waals surface area contributed by atoms with Crippen molar-refractivity contribution in [2.45, 2.75) is 13.0 Å². The minimum Gasteiger partial charge on any atom is -0.330 e. The minimum atomic E-state index is 0.732. The first-order chi connectivity index (χ1) is 6.34. The van der Waals surface area contributed by atoms with Crippen LogP contribution in [0.5, 0.6) is 0 Å². The molecular weight excluding hydrogens is 184 g/mol. The fraction of sp³-hybridized carbons (Fsp3) is 0.400. The van der Waals surface area contributed by atoms with E-state index in [1.165, 1.54) is 0 Å². The van der Waals surface area contributed by atoms with Gasteiger partial charge in [0.2, 0.25) is 0 Å². The van der Waals surface area contributed by atoms with E-state index >= 15 is 0 Å². The van der Waals surface area contributed by atoms with Gasteiger partial charge in [-0.15, -0.1) is 0 Å². The molecule has 0 amide bonds. The maximum atomic E-state index is 5.97. The Morgan fingerprint density at radius 2 is 2.08 bits per heavy atom. The smallest absolute Gasteiger partial charge is 0.0450 e. The number of halogens is 1. The van der Waals surface area contributed by atoms with Crippen LogP contribution in [-0.2, 0) is 6.54 Å². The number of hydrogen-bond donors (Lipinski definition) is 2. The quantitative estimate of drug-likeness (QED) is 0.708. The van der Waals surface area contributed by atoms with E-state index in [1.54, 1.807) is 0 Å². The van der Waals surface area contributed by atoms with Crippen LogP contribution < -0.4 is 11.1 Å². The molecule has 13 heavy (non-hydrogen) atoms. The molecule has 0 aromatic heterocycles. The van der Waals surface area contributed by atoms with Gasteiger partial charge < -0.3 is 11.1 Å². The minimum absolute atomic E-state index is 0.732. The van der Waals surface area contributed by atoms with Crippen LogP contribution in [-0.4, -0.2) is 13.1 Å². The van der Waals surface area contributed by atoms with E-state index in [-0.39, 0.29) is 0 Å². The van der Waals surface area contributed by atoms with Crippen molar-refractivity contribution in [1.82, 2.24) is 5.32 Å². The van der Waals surface area contributed by atoms with Gasteiger partial charge in [-0.1, -0.05) is 29.8 Å². The predicted molar refractivity (Wildman–Crippen MR) is 56.8 cm³/mol. The van der Waals surface area contributed by atoms with Crippen LogP contribution in [0.15, 0.2) is 24.3 Å². The summed E-state index contributed by atoms with van der Waals surface area (Å²) in [5.41, 5.74) is 6.51. The second kappa shape index (κ2) is 5.97. The molecule has 3 heteroatoms. The molecule has 1 rings (SSSR count). The van der Waals surface area contributed by atoms with Crippen molar-refractivity contribution in [2.75, 3.05) is 13.1 Å². The van der Waals surface area contributed by atoms with Crippen LogP contribution in [0.25, 0.3) is 0 Å². The molecule has 0 unspecified atom stereocenters. The van der Waals surface area contributed by atoms with E-state index in [0.29, 0.717) is 0 Å². The molecule has 0 bridgehead atoms. The van der Waals surface area contributed by atoms with E-state index in [1.807, 2.05) is 24.3 Å². The van der Waals surface area contributed by atoms with E-state index in [0.717, 1.165) is 36.6 Å². The lowest BCUT2D eigenvalue weighted by atomic mass is 10.2. The van der Waals surface area contributed by atoms with Crippen LogP contribution in [0.1, 0.15) is 12.0 Å². The summed E-state index contributed by atoms with van der Waals surface area (Å²) in [6.07, 6.45) is 1.00. The van der Waals surface area contributed by atoms with E-state index in [4.69, 9.17) is 17.3 Å². The fourth-order valence-electron chi connectivity index (χ4n) is 1.09. The molecule has 0 radical (unpaired) electrons. The van der Waals surface area contributed by atoms with Crippen molar-refractivity contribution in [2.24, 2.45) is 5.73 Å². The normalized spacial score (nSPS) is 10.3. The summed E-state index contributed by atoms with van der Waals surface area (Å²) < 4.78 is 0. The first-order valence-corrected chi connectivity index (χ1v) is 4.86. The average Bonchev–Trinajstić information content (AvgIpc) is 2.15. The third-order valence-electron chi connectivity index (χ3n) is 1.83. The van der Waals surface area contributed by atoms with Gasteiger partial charge in [0.25, 0.3) is 0 Å². The van der Waals surface area contributed by atoms with Crippen LogP contribution in [0.2, 0.25) is 5.02 Å². The van der Waals surface area contributed by atoms with Gasteiger partial charge in [0, 0.05) is 11.6 Å². The van der Waals surface area contributed by atoms with Crippen LogP contribution in [0.3, 0.4) is 0 Å². The average molecular weight is 199 g/mol. The number of nitrogens with one attached hydrogen (secondary N) is 1. The number of rotatable bonds is 5. The van der Waals surface area contributed by atoms with Crippen LogP contribution in [0, 0.1) is 0 Å². The molecule has 0 atom stereocenters. The molecule has 0 saturated carbocycles. The Bertz CT molecular complexity index is 250. The Labute approximate surface area is 84.1 Å². The fourth-order valence-corrected chi connectivity index (χ4v) is 1.29. The van der Waals surface area contributed by atoms with Crippen molar-refractivity contribution in [3.8, 4) is 0 Å². The van der Waals surface area contributed by atoms with Gasteiger partial charge in [-0.2, -0.15) is 0 Å². The molecule has 72 valence electrons. The molecule has 1 aromatic rings. The zero-order valence-corrected chi connectivity index (χ0v) is 8.35. The SMILES string of the molecule is NCCCNCc1ccccc1Cl. The van der Waals surface area contributed by atoms with Gasteiger partial charge in [-0.3, -0.25) is 0 Å². The van der Waals surface area contributed by atoms with Gasteiger partial charge in [0.1, 0.15) is 0 Å². The van der Waals surface area contributed by atoms with Crippen molar-refractivity contribution in [3.63, 3.8) is 0 Å². The highest BCUT2D eigenvalue weighted by Gasteiger charge is 1.96. The van der Waals surface area contributed by atoms with Gasteiger partial charge in [0.05, 0.1) is 0 Å². The van der Waals surface area contributed by atoms with Crippen molar-refractivity contribution in [3.05, 3.63) is 34.9 Å². The molecule has 0 spiro atoms. The lowest BCUT2D eigenvalue weighted by molar-refractivity contribution is 0.655. The molecule has 0 heterocycles. The zero-order valence-electron chi connectivity index (χ0n) is 7.59. The zero-order chi connectivity index (χ0) is 9.52. The molecular formula is C10H15ClN2. The van der Waals surface area contributed by atoms with E-state index in [2.05, 4.69) is 5.32 Å². The lowest BCUT2D eigenvalue weighted by Crippen LogP contribution is -2.17. The standard InChI is InChI=1S/C10H15ClN2/c11-10-5-2-1-4-9(10)8-13-7-3-6-12/h1-2,4-5,13H,3,6-8,12H2. The second-order valence-corrected chi connectivity index (χ2v) is 3.32. The molecule has 2 nitrogen and oxygen atoms in total. The maximum Gasteiger partial charge on any atom is 0.0450 e. The number of hydrogen-bond acceptors (Lipinski definition) is 2. The highest BCUT2D eigenvalue weighted by Crippen LogP contribution is 2.13. The number of nitrogens with two attached hydrogens (primary N) is 1. The van der Waals surface area contributed by atoms with Gasteiger partial charge in [0.15, 0.2) is 0 Å². The number of benzene rings is 1. The molecule has 0 aliphatic carbocycles. The Hall–Kier alpha value is -0.570. The molecule has 1 aromatic carbocycles. The Balaban J connectivity index is 2.32. The van der Waals surface area contributed by atoms with Crippen molar-refractivity contribution < 1.29 is 0 Å². The summed E-state index contributed by atoms with van der Waals surface area (Å²) in [4.78, 5) is 0. The third kappa shape index (κ3) is 3.77. The summed E-state index contributed by atoms with van der Waals surface area (Å²) in [5.74, 6) is 0. The summed E-state index contributed by atoms with van der Waals surface area (Å²) in [7, 11) is 0. The van der Waals surface area contributed by atoms with Crippen molar-refractivity contribution in [1.29, 1.82) is 0 Å². The lowest BCUT2D eigenvalue weighted by Gasteiger charge is -2.05. The van der Waals surface area contributed by atoms with E-state index in [9.17, 15) is 0 Å². The van der Waals surface area contributed by atoms with Gasteiger partial charge in [-0.05, 0) is 31.1 Å². The Morgan fingerprint density at radius 1 is 1.31 bits per heavy atom. The summed E-state index contributed by atoms with van der Waals surface area (Å²) in [6.45, 7) is 2.50. The second-order valence-electron chi connectivity index (χ2n) is 2.91. The van der Waals surface area contributed by atoms with Gasteiger partial charge >= 0.3 is 0 Å². The summed E-state index contributed by atoms with van der Waals surface area (Å²) >= 11 is 5.97. The van der Waals surface area contributed by atoms with E-state index < -0.39 is 0 Å². The topological polar surface area (TPSA) is 38.0 Å². The highest BCUT2D eigenvalue weighted by atomic mass is 35.5. The van der Waals surface area contributed by atoms with Crippen LogP contribution in [0.4, 0.5) is 0 Å². The maximum absolute atomic E-state index is 5.97. The molecule has 0 saturated heterocycles. The summed E-state index contributed by atoms with van der Waals surface area (Å²) in [5, 5.41) is 4.10. The monoisotopic (exact) mass is 198 g/mol. The van der Waals surface area contributed by atoms with Gasteiger partial charge in [-0.25, -0.2) is 0 Å². The predicted octanol–water partition coefficient (Wildman–Crippen LogP) is 1.78. The Morgan fingerprint density at radius 3 is 2.77 bits per heavy atom. The van der Waals surface area contributed by atoms with Crippen LogP contribution >= 0.6 is 11.6 Å². The summed E-state index contributed by atoms with van der Waals surface area (Å²) in [6, 6.07) is 7.86. The third-order valence-corrected chi connectivity index (χ3v) is 2.20. The highest BCUT2D eigenvalue weighted by molar-refractivity contribution is 6.31. The Kier molecular flexibility index (Phi) is 4.83. The first-order valence-electron chi connectivity index (χ1n) is 4.49.